The van der Waals surface area contributed by atoms with Gasteiger partial charge in [0, 0.05) is 31.5 Å². The normalized spacial score (nSPS) is 16.8. The first-order chi connectivity index (χ1) is 9.67. The van der Waals surface area contributed by atoms with E-state index in [2.05, 4.69) is 4.90 Å². The molecule has 1 saturated heterocycles. The predicted octanol–water partition coefficient (Wildman–Crippen LogP) is 1.71. The molecule has 0 spiro atoms. The topological polar surface area (TPSA) is 73.9 Å². The van der Waals surface area contributed by atoms with Gasteiger partial charge in [0.15, 0.2) is 0 Å². The molecule has 1 aliphatic rings. The molecule has 20 heavy (non-hydrogen) atoms. The van der Waals surface area contributed by atoms with Gasteiger partial charge in [0.25, 0.3) is 0 Å². The number of fused-ring (bicyclic) bond motifs is 1. The van der Waals surface area contributed by atoms with Gasteiger partial charge < -0.3 is 19.5 Å². The number of rotatable bonds is 2. The summed E-state index contributed by atoms with van der Waals surface area (Å²) < 4.78 is 5.13. The van der Waals surface area contributed by atoms with Crippen LogP contribution in [0.5, 0.6) is 5.75 Å². The van der Waals surface area contributed by atoms with Crippen LogP contribution < -0.4 is 10.5 Å². The van der Waals surface area contributed by atoms with Crippen LogP contribution >= 0.6 is 0 Å². The highest BCUT2D eigenvalue weighted by Gasteiger charge is 2.19. The Kier molecular flexibility index (Phi) is 3.36. The fourth-order valence-electron chi connectivity index (χ4n) is 2.70. The van der Waals surface area contributed by atoms with Crippen LogP contribution in [0.1, 0.15) is 12.8 Å². The minimum atomic E-state index is -0.550. The van der Waals surface area contributed by atoms with Crippen molar-refractivity contribution >= 4 is 16.7 Å². The van der Waals surface area contributed by atoms with Gasteiger partial charge in [0.1, 0.15) is 11.3 Å². The Morgan fingerprint density at radius 3 is 2.70 bits per heavy atom. The molecule has 0 saturated carbocycles. The molecule has 0 unspecified atom stereocenters. The zero-order valence-corrected chi connectivity index (χ0v) is 11.1. The summed E-state index contributed by atoms with van der Waals surface area (Å²) in [4.78, 5) is 13.5. The van der Waals surface area contributed by atoms with Crippen molar-refractivity contribution in [1.82, 2.24) is 0 Å². The average Bonchev–Trinajstić information content (AvgIpc) is 2.46. The standard InChI is InChI=1S/C15H17NO4/c17-9-10-3-5-16(6-4-10)11-1-2-12-13(18)8-15(19)20-14(12)7-11/h1-2,7-8,10,17-18H,3-6,9H2. The zero-order valence-electron chi connectivity index (χ0n) is 11.1. The van der Waals surface area contributed by atoms with E-state index in [0.717, 1.165) is 37.7 Å². The van der Waals surface area contributed by atoms with E-state index in [1.165, 1.54) is 0 Å². The molecule has 0 atom stereocenters. The molecule has 0 radical (unpaired) electrons. The number of aromatic hydroxyl groups is 1. The van der Waals surface area contributed by atoms with Crippen molar-refractivity contribution in [3.05, 3.63) is 34.7 Å². The number of hydrogen-bond donors (Lipinski definition) is 2. The van der Waals surface area contributed by atoms with Gasteiger partial charge in [0.05, 0.1) is 11.5 Å². The van der Waals surface area contributed by atoms with Gasteiger partial charge in [-0.3, -0.25) is 0 Å². The molecule has 0 aliphatic carbocycles. The molecule has 106 valence electrons. The lowest BCUT2D eigenvalue weighted by atomic mass is 9.97. The number of anilines is 1. The average molecular weight is 275 g/mol. The molecule has 5 heteroatoms. The van der Waals surface area contributed by atoms with Crippen molar-refractivity contribution in [2.75, 3.05) is 24.6 Å². The lowest BCUT2D eigenvalue weighted by Crippen LogP contribution is -2.34. The largest absolute Gasteiger partial charge is 0.507 e. The fraction of sp³-hybridized carbons (Fsp3) is 0.400. The van der Waals surface area contributed by atoms with Crippen molar-refractivity contribution in [2.45, 2.75) is 12.8 Å². The number of nitrogens with zero attached hydrogens (tertiary/aromatic N) is 1. The molecule has 0 bridgehead atoms. The summed E-state index contributed by atoms with van der Waals surface area (Å²) in [6.45, 7) is 1.99. The van der Waals surface area contributed by atoms with E-state index in [0.29, 0.717) is 16.9 Å². The maximum absolute atomic E-state index is 11.3. The molecule has 0 amide bonds. The summed E-state index contributed by atoms with van der Waals surface area (Å²) in [7, 11) is 0. The first kappa shape index (κ1) is 13.0. The summed E-state index contributed by atoms with van der Waals surface area (Å²) in [5, 5.41) is 19.4. The Labute approximate surface area is 116 Å². The number of aliphatic hydroxyl groups is 1. The van der Waals surface area contributed by atoms with Gasteiger partial charge in [-0.1, -0.05) is 0 Å². The molecule has 5 nitrogen and oxygen atoms in total. The Bertz CT molecular complexity index is 671. The van der Waals surface area contributed by atoms with Crippen LogP contribution in [0.25, 0.3) is 11.0 Å². The van der Waals surface area contributed by atoms with Crippen molar-refractivity contribution < 1.29 is 14.6 Å². The molecule has 1 aromatic heterocycles. The van der Waals surface area contributed by atoms with E-state index in [1.54, 1.807) is 12.1 Å². The van der Waals surface area contributed by atoms with E-state index >= 15 is 0 Å². The lowest BCUT2D eigenvalue weighted by Gasteiger charge is -2.32. The van der Waals surface area contributed by atoms with Crippen LogP contribution in [0.4, 0.5) is 5.69 Å². The van der Waals surface area contributed by atoms with Gasteiger partial charge in [-0.2, -0.15) is 0 Å². The van der Waals surface area contributed by atoms with Crippen molar-refractivity contribution in [1.29, 1.82) is 0 Å². The van der Waals surface area contributed by atoms with Crippen LogP contribution in [0, 0.1) is 5.92 Å². The highest BCUT2D eigenvalue weighted by molar-refractivity contribution is 5.85. The maximum Gasteiger partial charge on any atom is 0.339 e. The van der Waals surface area contributed by atoms with Crippen molar-refractivity contribution in [3.63, 3.8) is 0 Å². The first-order valence-electron chi connectivity index (χ1n) is 6.80. The second-order valence-electron chi connectivity index (χ2n) is 5.24. The van der Waals surface area contributed by atoms with E-state index < -0.39 is 5.63 Å². The minimum absolute atomic E-state index is 0.0539. The first-order valence-corrected chi connectivity index (χ1v) is 6.80. The molecular weight excluding hydrogens is 258 g/mol. The molecule has 2 heterocycles. The summed E-state index contributed by atoms with van der Waals surface area (Å²) in [6, 6.07) is 6.55. The fourth-order valence-corrected chi connectivity index (χ4v) is 2.70. The van der Waals surface area contributed by atoms with E-state index in [4.69, 9.17) is 9.52 Å². The monoisotopic (exact) mass is 275 g/mol. The van der Waals surface area contributed by atoms with E-state index in [9.17, 15) is 9.90 Å². The quantitative estimate of drug-likeness (QED) is 0.816. The van der Waals surface area contributed by atoms with Gasteiger partial charge in [-0.25, -0.2) is 4.79 Å². The molecule has 1 aliphatic heterocycles. The van der Waals surface area contributed by atoms with Crippen LogP contribution in [-0.4, -0.2) is 29.9 Å². The third-order valence-corrected chi connectivity index (χ3v) is 3.94. The van der Waals surface area contributed by atoms with Gasteiger partial charge in [-0.05, 0) is 30.9 Å². The molecule has 1 fully saturated rings. The van der Waals surface area contributed by atoms with Gasteiger partial charge in [0.2, 0.25) is 0 Å². The van der Waals surface area contributed by atoms with Crippen LogP contribution in [-0.2, 0) is 0 Å². The van der Waals surface area contributed by atoms with Gasteiger partial charge >= 0.3 is 5.63 Å². The molecule has 3 rings (SSSR count). The maximum atomic E-state index is 11.3. The summed E-state index contributed by atoms with van der Waals surface area (Å²) in [6.07, 6.45) is 1.91. The zero-order chi connectivity index (χ0) is 14.1. The Balaban J connectivity index is 1.92. The molecule has 1 aromatic carbocycles. The van der Waals surface area contributed by atoms with Crippen molar-refractivity contribution in [3.8, 4) is 5.75 Å². The number of benzene rings is 1. The number of hydrogen-bond acceptors (Lipinski definition) is 5. The van der Waals surface area contributed by atoms with E-state index in [-0.39, 0.29) is 12.4 Å². The Morgan fingerprint density at radius 2 is 2.00 bits per heavy atom. The second kappa shape index (κ2) is 5.17. The Morgan fingerprint density at radius 1 is 1.25 bits per heavy atom. The highest BCUT2D eigenvalue weighted by Crippen LogP contribution is 2.29. The van der Waals surface area contributed by atoms with Crippen LogP contribution in [0.3, 0.4) is 0 Å². The minimum Gasteiger partial charge on any atom is -0.507 e. The van der Waals surface area contributed by atoms with Gasteiger partial charge in [-0.15, -0.1) is 0 Å². The summed E-state index contributed by atoms with van der Waals surface area (Å²) in [5.41, 5.74) is 0.825. The highest BCUT2D eigenvalue weighted by atomic mass is 16.4. The van der Waals surface area contributed by atoms with Crippen LogP contribution in [0.2, 0.25) is 0 Å². The third-order valence-electron chi connectivity index (χ3n) is 3.94. The second-order valence-corrected chi connectivity index (χ2v) is 5.24. The van der Waals surface area contributed by atoms with Crippen molar-refractivity contribution in [2.24, 2.45) is 5.92 Å². The molecular formula is C15H17NO4. The smallest absolute Gasteiger partial charge is 0.339 e. The third kappa shape index (κ3) is 2.36. The lowest BCUT2D eigenvalue weighted by molar-refractivity contribution is 0.203. The number of piperidine rings is 1. The summed E-state index contributed by atoms with van der Waals surface area (Å²) >= 11 is 0. The van der Waals surface area contributed by atoms with Crippen LogP contribution in [0.15, 0.2) is 33.5 Å². The SMILES string of the molecule is O=c1cc(O)c2ccc(N3CCC(CO)CC3)cc2o1. The Hall–Kier alpha value is -2.01. The predicted molar refractivity (Wildman–Crippen MR) is 76.2 cm³/mol. The molecule has 2 N–H and O–H groups in total. The summed E-state index contributed by atoms with van der Waals surface area (Å²) in [5.74, 6) is 0.329. The van der Waals surface area contributed by atoms with E-state index in [1.807, 2.05) is 6.07 Å². The number of aliphatic hydroxyl groups excluding tert-OH is 1. The molecule has 2 aromatic rings.